The van der Waals surface area contributed by atoms with E-state index < -0.39 is 17.9 Å². The summed E-state index contributed by atoms with van der Waals surface area (Å²) in [5, 5.41) is 6.31. The molecule has 0 aliphatic carbocycles. The number of rotatable bonds is 5. The van der Waals surface area contributed by atoms with Gasteiger partial charge in [-0.15, -0.1) is 11.3 Å². The largest absolute Gasteiger partial charge is 1.00 e. The van der Waals surface area contributed by atoms with Crippen LogP contribution in [0.2, 0.25) is 5.02 Å². The van der Waals surface area contributed by atoms with Gasteiger partial charge in [0.2, 0.25) is 11.8 Å². The number of benzene rings is 1. The SMILES string of the molecule is Cc1ncc(CNC(=O)C2CC(C(=O)Nc3ccc(F)c(Cl)c3)[N-]SN2)s1.[K+]. The third-order valence-electron chi connectivity index (χ3n) is 3.75. The van der Waals surface area contributed by atoms with E-state index in [-0.39, 0.29) is 74.6 Å². The van der Waals surface area contributed by atoms with Crippen LogP contribution < -0.4 is 66.7 Å². The van der Waals surface area contributed by atoms with Crippen molar-refractivity contribution in [3.8, 4) is 0 Å². The third-order valence-corrected chi connectivity index (χ3v) is 5.70. The Morgan fingerprint density at radius 1 is 1.43 bits per heavy atom. The second-order valence-corrected chi connectivity index (χ2v) is 8.16. The number of thiazole rings is 1. The van der Waals surface area contributed by atoms with Gasteiger partial charge in [-0.3, -0.25) is 14.3 Å². The van der Waals surface area contributed by atoms with Gasteiger partial charge in [0.05, 0.1) is 22.6 Å². The van der Waals surface area contributed by atoms with E-state index in [0.29, 0.717) is 12.2 Å². The number of carbonyl (C=O) groups is 2. The average molecular weight is 468 g/mol. The molecule has 3 rings (SSSR count). The fourth-order valence-electron chi connectivity index (χ4n) is 2.37. The molecule has 2 amide bonds. The quantitative estimate of drug-likeness (QED) is 0.430. The summed E-state index contributed by atoms with van der Waals surface area (Å²) in [6, 6.07) is 2.62. The molecule has 28 heavy (non-hydrogen) atoms. The molecule has 1 saturated heterocycles. The maximum Gasteiger partial charge on any atom is 1.00 e. The van der Waals surface area contributed by atoms with Crippen LogP contribution in [-0.4, -0.2) is 28.9 Å². The number of hydrogen-bond donors (Lipinski definition) is 3. The van der Waals surface area contributed by atoms with Crippen LogP contribution in [0.4, 0.5) is 10.1 Å². The van der Waals surface area contributed by atoms with E-state index in [9.17, 15) is 14.0 Å². The van der Waals surface area contributed by atoms with E-state index in [2.05, 4.69) is 25.1 Å². The number of nitrogens with one attached hydrogen (secondary N) is 3. The first-order valence-corrected chi connectivity index (χ1v) is 9.96. The smallest absolute Gasteiger partial charge is 0.582 e. The molecule has 2 heterocycles. The van der Waals surface area contributed by atoms with E-state index in [4.69, 9.17) is 11.6 Å². The van der Waals surface area contributed by atoms with Gasteiger partial charge in [-0.05, 0) is 37.6 Å². The number of halogens is 2. The Bertz CT molecular complexity index is 856. The van der Waals surface area contributed by atoms with Gasteiger partial charge >= 0.3 is 51.4 Å². The van der Waals surface area contributed by atoms with Crippen molar-refractivity contribution in [3.05, 3.63) is 49.8 Å². The standard InChI is InChI=1S/C16H16ClFN5O2S2.K/c1-8-19-6-10(26-8)7-20-15(24)13-5-14(23-27-22-13)16(25)21-9-2-3-12(18)11(17)4-9;/h2-4,6,13-14,22H,5,7H2,1H3,(H,20,24)(H,21,25);/q-1;+1. The Labute approximate surface area is 217 Å². The van der Waals surface area contributed by atoms with Crippen molar-refractivity contribution in [2.75, 3.05) is 5.32 Å². The van der Waals surface area contributed by atoms with E-state index in [0.717, 1.165) is 22.0 Å². The molecule has 7 nitrogen and oxygen atoms in total. The molecule has 0 saturated carbocycles. The summed E-state index contributed by atoms with van der Waals surface area (Å²) in [5.74, 6) is -1.17. The van der Waals surface area contributed by atoms with Crippen LogP contribution in [0.5, 0.6) is 0 Å². The zero-order valence-electron chi connectivity index (χ0n) is 15.2. The molecule has 1 aromatic carbocycles. The second kappa shape index (κ2) is 11.3. The van der Waals surface area contributed by atoms with Crippen molar-refractivity contribution < 1.29 is 65.4 Å². The summed E-state index contributed by atoms with van der Waals surface area (Å²) >= 11 is 8.20. The average Bonchev–Trinajstić information content (AvgIpc) is 3.08. The van der Waals surface area contributed by atoms with Gasteiger partial charge < -0.3 is 15.4 Å². The zero-order valence-corrected chi connectivity index (χ0v) is 20.7. The van der Waals surface area contributed by atoms with Gasteiger partial charge in [-0.25, -0.2) is 21.5 Å². The van der Waals surface area contributed by atoms with Crippen molar-refractivity contribution in [2.45, 2.75) is 32.0 Å². The van der Waals surface area contributed by atoms with Crippen LogP contribution >= 0.6 is 35.1 Å². The van der Waals surface area contributed by atoms with Crippen LogP contribution in [0.25, 0.3) is 4.72 Å². The predicted molar refractivity (Wildman–Crippen MR) is 105 cm³/mol. The Balaban J connectivity index is 0.00000280. The molecular weight excluding hydrogens is 452 g/mol. The summed E-state index contributed by atoms with van der Waals surface area (Å²) in [6.07, 6.45) is 1.93. The van der Waals surface area contributed by atoms with Gasteiger partial charge in [0.1, 0.15) is 5.82 Å². The molecule has 1 aliphatic heterocycles. The predicted octanol–water partition coefficient (Wildman–Crippen LogP) is 0.170. The summed E-state index contributed by atoms with van der Waals surface area (Å²) in [6.45, 7) is 2.28. The molecular formula is C16H16ClFKN5O2S2. The summed E-state index contributed by atoms with van der Waals surface area (Å²) in [5.41, 5.74) is 0.367. The normalized spacial score (nSPS) is 18.8. The van der Waals surface area contributed by atoms with Crippen molar-refractivity contribution in [2.24, 2.45) is 0 Å². The second-order valence-electron chi connectivity index (χ2n) is 5.80. The van der Waals surface area contributed by atoms with E-state index in [1.54, 1.807) is 6.20 Å². The third kappa shape index (κ3) is 6.72. The minimum Gasteiger partial charge on any atom is -0.582 e. The van der Waals surface area contributed by atoms with Crippen LogP contribution in [0.3, 0.4) is 0 Å². The van der Waals surface area contributed by atoms with Gasteiger partial charge in [-0.2, -0.15) is 0 Å². The van der Waals surface area contributed by atoms with Gasteiger partial charge in [0.25, 0.3) is 0 Å². The molecule has 2 unspecified atom stereocenters. The number of carbonyl (C=O) groups excluding carboxylic acids is 2. The minimum atomic E-state index is -0.721. The molecule has 2 atom stereocenters. The molecule has 3 N–H and O–H groups in total. The zero-order chi connectivity index (χ0) is 19.4. The van der Waals surface area contributed by atoms with Crippen LogP contribution in [0.15, 0.2) is 24.4 Å². The number of hydrogen-bond acceptors (Lipinski definition) is 6. The number of aromatic nitrogens is 1. The van der Waals surface area contributed by atoms with Crippen LogP contribution in [0.1, 0.15) is 16.3 Å². The molecule has 144 valence electrons. The first-order chi connectivity index (χ1) is 12.9. The van der Waals surface area contributed by atoms with Crippen LogP contribution in [-0.2, 0) is 16.1 Å². The first kappa shape index (κ1) is 24.2. The van der Waals surface area contributed by atoms with Gasteiger partial charge in [0, 0.05) is 16.8 Å². The molecule has 0 radical (unpaired) electrons. The molecule has 0 bridgehead atoms. The van der Waals surface area contributed by atoms with Crippen molar-refractivity contribution >= 4 is 52.6 Å². The molecule has 1 aromatic heterocycles. The Kier molecular flexibility index (Phi) is 9.80. The molecule has 1 aliphatic rings. The summed E-state index contributed by atoms with van der Waals surface area (Å²) in [7, 11) is 0. The number of anilines is 1. The van der Waals surface area contributed by atoms with E-state index >= 15 is 0 Å². The Morgan fingerprint density at radius 2 is 2.21 bits per heavy atom. The van der Waals surface area contributed by atoms with Crippen LogP contribution in [0, 0.1) is 12.7 Å². The number of nitrogens with zero attached hydrogens (tertiary/aromatic N) is 2. The molecule has 2 aromatic rings. The van der Waals surface area contributed by atoms with Crippen molar-refractivity contribution in [1.82, 2.24) is 15.0 Å². The van der Waals surface area contributed by atoms with Crippen molar-refractivity contribution in [1.29, 1.82) is 0 Å². The maximum absolute atomic E-state index is 13.2. The number of amides is 2. The monoisotopic (exact) mass is 467 g/mol. The summed E-state index contributed by atoms with van der Waals surface area (Å²) in [4.78, 5) is 29.8. The summed E-state index contributed by atoms with van der Waals surface area (Å²) < 4.78 is 20.2. The van der Waals surface area contributed by atoms with Gasteiger partial charge in [0.15, 0.2) is 0 Å². The molecule has 12 heteroatoms. The maximum atomic E-state index is 13.2. The fraction of sp³-hybridized carbons (Fsp3) is 0.312. The fourth-order valence-corrected chi connectivity index (χ4v) is 3.99. The van der Waals surface area contributed by atoms with E-state index in [1.807, 2.05) is 6.92 Å². The topological polar surface area (TPSA) is 97.2 Å². The Hall–Kier alpha value is -0.0836. The first-order valence-electron chi connectivity index (χ1n) is 7.99. The molecule has 1 fully saturated rings. The van der Waals surface area contributed by atoms with Gasteiger partial charge in [-0.1, -0.05) is 11.6 Å². The Morgan fingerprint density at radius 3 is 2.89 bits per heavy atom. The number of aryl methyl sites for hydroxylation is 1. The van der Waals surface area contributed by atoms with Crippen molar-refractivity contribution in [3.63, 3.8) is 0 Å². The minimum absolute atomic E-state index is 0. The molecule has 0 spiro atoms. The van der Waals surface area contributed by atoms with E-state index in [1.165, 1.54) is 29.5 Å².